The minimum atomic E-state index is 0.941. The summed E-state index contributed by atoms with van der Waals surface area (Å²) in [5.41, 5.74) is 0. The normalized spacial score (nSPS) is 13.2. The Bertz CT molecular complexity index is 81.1. The van der Waals surface area contributed by atoms with E-state index in [1.807, 2.05) is 0 Å². The number of thioether (sulfide) groups is 1. The molecule has 1 heteroatoms. The van der Waals surface area contributed by atoms with Crippen molar-refractivity contribution in [2.45, 2.75) is 64.5 Å². The van der Waals surface area contributed by atoms with Gasteiger partial charge in [0.25, 0.3) is 0 Å². The largest absolute Gasteiger partial charge is 0.159 e. The molecule has 0 radical (unpaired) electrons. The fraction of sp³-hybridized carbons (Fsp3) is 1.00. The zero-order valence-corrected chi connectivity index (χ0v) is 9.75. The Morgan fingerprint density at radius 3 is 2.25 bits per heavy atom. The van der Waals surface area contributed by atoms with Gasteiger partial charge in [-0.1, -0.05) is 40.0 Å². The van der Waals surface area contributed by atoms with Gasteiger partial charge in [0.2, 0.25) is 0 Å². The van der Waals surface area contributed by atoms with Gasteiger partial charge in [-0.3, -0.25) is 0 Å². The highest BCUT2D eigenvalue weighted by molar-refractivity contribution is 7.99. The fourth-order valence-electron chi connectivity index (χ4n) is 1.31. The van der Waals surface area contributed by atoms with Crippen LogP contribution in [0.1, 0.15) is 59.3 Å². The van der Waals surface area contributed by atoms with Gasteiger partial charge in [0.05, 0.1) is 0 Å². The monoisotopic (exact) mass is 188 g/mol. The maximum Gasteiger partial charge on any atom is 0.00444 e. The van der Waals surface area contributed by atoms with E-state index in [-0.39, 0.29) is 0 Å². The summed E-state index contributed by atoms with van der Waals surface area (Å²) < 4.78 is 0. The molecule has 0 amide bonds. The molecule has 0 aliphatic heterocycles. The zero-order valence-electron chi connectivity index (χ0n) is 8.94. The van der Waals surface area contributed by atoms with E-state index in [4.69, 9.17) is 0 Å². The second-order valence-electron chi connectivity index (χ2n) is 3.40. The van der Waals surface area contributed by atoms with Crippen LogP contribution in [-0.4, -0.2) is 11.0 Å². The first-order chi connectivity index (χ1) is 5.85. The molecule has 0 N–H and O–H groups in total. The molecule has 0 saturated carbocycles. The third-order valence-corrected chi connectivity index (χ3v) is 3.83. The number of unbranched alkanes of at least 4 members (excludes halogenated alkanes) is 2. The Morgan fingerprint density at radius 1 is 1.00 bits per heavy atom. The Balaban J connectivity index is 3.26. The predicted octanol–water partition coefficient (Wildman–Crippen LogP) is 4.49. The van der Waals surface area contributed by atoms with Crippen LogP contribution in [0.25, 0.3) is 0 Å². The standard InChI is InChI=1S/C11H24S/c1-4-7-8-9-11(6-3)12-10-5-2/h11H,4-10H2,1-3H3. The second kappa shape index (κ2) is 9.44. The summed E-state index contributed by atoms with van der Waals surface area (Å²) in [6.45, 7) is 6.87. The van der Waals surface area contributed by atoms with Crippen molar-refractivity contribution >= 4 is 11.8 Å². The van der Waals surface area contributed by atoms with Gasteiger partial charge in [-0.2, -0.15) is 11.8 Å². The molecule has 0 aromatic carbocycles. The van der Waals surface area contributed by atoms with Crippen LogP contribution in [-0.2, 0) is 0 Å². The highest BCUT2D eigenvalue weighted by Crippen LogP contribution is 2.21. The second-order valence-corrected chi connectivity index (χ2v) is 4.81. The average Bonchev–Trinajstić information content (AvgIpc) is 2.11. The van der Waals surface area contributed by atoms with E-state index >= 15 is 0 Å². The van der Waals surface area contributed by atoms with Crippen LogP contribution < -0.4 is 0 Å². The molecular formula is C11H24S. The molecule has 0 aliphatic rings. The van der Waals surface area contributed by atoms with Crippen molar-refractivity contribution in [3.8, 4) is 0 Å². The maximum absolute atomic E-state index is 2.32. The number of hydrogen-bond donors (Lipinski definition) is 0. The molecule has 0 fully saturated rings. The molecule has 0 spiro atoms. The first-order valence-electron chi connectivity index (χ1n) is 5.46. The zero-order chi connectivity index (χ0) is 9.23. The Hall–Kier alpha value is 0.350. The molecule has 0 aliphatic carbocycles. The molecule has 12 heavy (non-hydrogen) atoms. The Morgan fingerprint density at radius 2 is 1.75 bits per heavy atom. The van der Waals surface area contributed by atoms with Crippen LogP contribution in [0.15, 0.2) is 0 Å². The van der Waals surface area contributed by atoms with Crippen molar-refractivity contribution in [1.29, 1.82) is 0 Å². The summed E-state index contributed by atoms with van der Waals surface area (Å²) >= 11 is 2.17. The van der Waals surface area contributed by atoms with Gasteiger partial charge in [0.15, 0.2) is 0 Å². The molecule has 0 rings (SSSR count). The van der Waals surface area contributed by atoms with Crippen LogP contribution in [0.3, 0.4) is 0 Å². The van der Waals surface area contributed by atoms with Gasteiger partial charge in [0, 0.05) is 5.25 Å². The molecule has 1 atom stereocenters. The lowest BCUT2D eigenvalue weighted by Crippen LogP contribution is -2.01. The average molecular weight is 188 g/mol. The number of hydrogen-bond acceptors (Lipinski definition) is 1. The molecule has 0 bridgehead atoms. The van der Waals surface area contributed by atoms with Crippen molar-refractivity contribution in [3.63, 3.8) is 0 Å². The lowest BCUT2D eigenvalue weighted by atomic mass is 10.1. The maximum atomic E-state index is 2.32. The predicted molar refractivity (Wildman–Crippen MR) is 61.0 cm³/mol. The summed E-state index contributed by atoms with van der Waals surface area (Å²) in [4.78, 5) is 0. The minimum Gasteiger partial charge on any atom is -0.159 e. The van der Waals surface area contributed by atoms with Crippen molar-refractivity contribution < 1.29 is 0 Å². The van der Waals surface area contributed by atoms with E-state index in [0.717, 1.165) is 5.25 Å². The molecule has 0 aromatic heterocycles. The van der Waals surface area contributed by atoms with Crippen LogP contribution >= 0.6 is 11.8 Å². The highest BCUT2D eigenvalue weighted by atomic mass is 32.2. The quantitative estimate of drug-likeness (QED) is 0.506. The van der Waals surface area contributed by atoms with Gasteiger partial charge in [-0.05, 0) is 25.0 Å². The molecule has 74 valence electrons. The Labute approximate surface area is 82.5 Å². The van der Waals surface area contributed by atoms with E-state index in [1.54, 1.807) is 0 Å². The summed E-state index contributed by atoms with van der Waals surface area (Å²) in [5, 5.41) is 0.941. The lowest BCUT2D eigenvalue weighted by Gasteiger charge is -2.13. The molecule has 0 aromatic rings. The molecule has 0 nitrogen and oxygen atoms in total. The topological polar surface area (TPSA) is 0 Å². The summed E-state index contributed by atoms with van der Waals surface area (Å²) in [7, 11) is 0. The SMILES string of the molecule is CCCCCC(CC)SCCC. The van der Waals surface area contributed by atoms with Crippen LogP contribution in [0, 0.1) is 0 Å². The van der Waals surface area contributed by atoms with Gasteiger partial charge < -0.3 is 0 Å². The molecular weight excluding hydrogens is 164 g/mol. The van der Waals surface area contributed by atoms with Crippen molar-refractivity contribution in [2.75, 3.05) is 5.75 Å². The molecule has 1 unspecified atom stereocenters. The third-order valence-electron chi connectivity index (χ3n) is 2.14. The smallest absolute Gasteiger partial charge is 0.00444 e. The first-order valence-corrected chi connectivity index (χ1v) is 6.51. The fourth-order valence-corrected chi connectivity index (χ4v) is 2.45. The Kier molecular flexibility index (Phi) is 9.71. The van der Waals surface area contributed by atoms with E-state index < -0.39 is 0 Å². The first kappa shape index (κ1) is 12.3. The van der Waals surface area contributed by atoms with E-state index in [0.29, 0.717) is 0 Å². The van der Waals surface area contributed by atoms with Crippen molar-refractivity contribution in [2.24, 2.45) is 0 Å². The van der Waals surface area contributed by atoms with Crippen LogP contribution in [0.4, 0.5) is 0 Å². The highest BCUT2D eigenvalue weighted by Gasteiger charge is 2.04. The van der Waals surface area contributed by atoms with Crippen LogP contribution in [0.5, 0.6) is 0 Å². The van der Waals surface area contributed by atoms with E-state index in [9.17, 15) is 0 Å². The molecule has 0 heterocycles. The van der Waals surface area contributed by atoms with Crippen molar-refractivity contribution in [1.82, 2.24) is 0 Å². The van der Waals surface area contributed by atoms with Gasteiger partial charge in [-0.15, -0.1) is 0 Å². The van der Waals surface area contributed by atoms with Gasteiger partial charge in [0.1, 0.15) is 0 Å². The molecule has 0 saturated heterocycles. The van der Waals surface area contributed by atoms with Crippen molar-refractivity contribution in [3.05, 3.63) is 0 Å². The summed E-state index contributed by atoms with van der Waals surface area (Å²) in [5.74, 6) is 1.35. The number of rotatable bonds is 8. The van der Waals surface area contributed by atoms with E-state index in [1.165, 1.54) is 44.3 Å². The van der Waals surface area contributed by atoms with E-state index in [2.05, 4.69) is 32.5 Å². The van der Waals surface area contributed by atoms with Crippen LogP contribution in [0.2, 0.25) is 0 Å². The minimum absolute atomic E-state index is 0.941. The summed E-state index contributed by atoms with van der Waals surface area (Å²) in [6, 6.07) is 0. The lowest BCUT2D eigenvalue weighted by molar-refractivity contribution is 0.635. The van der Waals surface area contributed by atoms with Gasteiger partial charge >= 0.3 is 0 Å². The van der Waals surface area contributed by atoms with Gasteiger partial charge in [-0.25, -0.2) is 0 Å². The summed E-state index contributed by atoms with van der Waals surface area (Å²) in [6.07, 6.45) is 8.34. The third kappa shape index (κ3) is 7.02.